The number of ether oxygens (including phenoxy) is 5. The Morgan fingerprint density at radius 2 is 1.50 bits per heavy atom. The molecular weight excluding hydrogens is 616 g/mol. The zero-order chi connectivity index (χ0) is 35.9. The number of imide groups is 1. The number of nitrogens with zero attached hydrogens (tertiary/aromatic N) is 3. The van der Waals surface area contributed by atoms with E-state index in [1.54, 1.807) is 59.6 Å². The molecule has 1 aliphatic heterocycles. The predicted octanol–water partition coefficient (Wildman–Crippen LogP) is 6.66. The summed E-state index contributed by atoms with van der Waals surface area (Å²) in [5, 5.41) is 3.39. The maximum Gasteiger partial charge on any atom is 0.425 e. The largest absolute Gasteiger partial charge is 0.496 e. The second kappa shape index (κ2) is 16.0. The normalized spacial score (nSPS) is 16.8. The standard InChI is InChI=1S/C36H54N4O8/c1-24-18-27(38-30(19-24)40(32(42)47-35(5,6)7)33(43)48-36(8,9)10)20-26-22-39(31(41)46-34(2,3)4)23-29(26)45-17-16-37-21-25-14-12-13-15-28(25)44-11/h12-15,18-19,26,29,37H,16-17,20-23H2,1-11H3/t26-,29+/m0/s1. The molecule has 3 rings (SSSR count). The summed E-state index contributed by atoms with van der Waals surface area (Å²) >= 11 is 0. The fraction of sp³-hybridized carbons (Fsp3) is 0.611. The van der Waals surface area contributed by atoms with E-state index in [9.17, 15) is 14.4 Å². The molecule has 2 atom stereocenters. The van der Waals surface area contributed by atoms with Crippen molar-refractivity contribution in [3.05, 3.63) is 53.2 Å². The van der Waals surface area contributed by atoms with Gasteiger partial charge in [-0.15, -0.1) is 0 Å². The molecule has 12 heteroatoms. The molecule has 2 heterocycles. The number of nitrogens with one attached hydrogen (secondary N) is 1. The highest BCUT2D eigenvalue weighted by Crippen LogP contribution is 2.28. The van der Waals surface area contributed by atoms with E-state index in [1.165, 1.54) is 0 Å². The first-order valence-corrected chi connectivity index (χ1v) is 16.4. The van der Waals surface area contributed by atoms with Crippen LogP contribution in [0, 0.1) is 12.8 Å². The molecule has 0 unspecified atom stereocenters. The van der Waals surface area contributed by atoms with E-state index in [2.05, 4.69) is 5.32 Å². The van der Waals surface area contributed by atoms with Crippen molar-refractivity contribution in [3.8, 4) is 5.75 Å². The lowest BCUT2D eigenvalue weighted by Crippen LogP contribution is -2.44. The number of carbonyl (C=O) groups excluding carboxylic acids is 3. The minimum atomic E-state index is -0.889. The number of hydrogen-bond acceptors (Lipinski definition) is 10. The summed E-state index contributed by atoms with van der Waals surface area (Å²) in [7, 11) is 1.65. The smallest absolute Gasteiger partial charge is 0.425 e. The van der Waals surface area contributed by atoms with Gasteiger partial charge in [0.15, 0.2) is 0 Å². The van der Waals surface area contributed by atoms with Crippen molar-refractivity contribution in [1.82, 2.24) is 15.2 Å². The summed E-state index contributed by atoms with van der Waals surface area (Å²) in [6.07, 6.45) is -2.07. The SMILES string of the molecule is COc1ccccc1CNCCO[C@@H]1CN(C(=O)OC(C)(C)C)C[C@@H]1Cc1cc(C)cc(N(C(=O)OC(C)(C)C)C(=O)OC(C)(C)C)n1. The van der Waals surface area contributed by atoms with Crippen molar-refractivity contribution in [3.63, 3.8) is 0 Å². The number of carbonyl (C=O) groups is 3. The van der Waals surface area contributed by atoms with Crippen molar-refractivity contribution in [2.75, 3.05) is 38.3 Å². The van der Waals surface area contributed by atoms with Gasteiger partial charge in [-0.25, -0.2) is 19.4 Å². The Kier molecular flexibility index (Phi) is 12.8. The van der Waals surface area contributed by atoms with Gasteiger partial charge in [0.2, 0.25) is 0 Å². The highest BCUT2D eigenvalue weighted by Gasteiger charge is 2.39. The Bertz CT molecular complexity index is 1380. The number of aromatic nitrogens is 1. The van der Waals surface area contributed by atoms with Gasteiger partial charge >= 0.3 is 18.3 Å². The quantitative estimate of drug-likeness (QED) is 0.216. The highest BCUT2D eigenvalue weighted by atomic mass is 16.6. The molecule has 0 radical (unpaired) electrons. The molecule has 0 saturated carbocycles. The van der Waals surface area contributed by atoms with Gasteiger partial charge in [-0.1, -0.05) is 18.2 Å². The maximum absolute atomic E-state index is 13.3. The Hall–Kier alpha value is -3.90. The first-order valence-electron chi connectivity index (χ1n) is 16.4. The first-order chi connectivity index (χ1) is 22.2. The van der Waals surface area contributed by atoms with Crippen LogP contribution in [0.25, 0.3) is 0 Å². The average Bonchev–Trinajstić information content (AvgIpc) is 3.32. The van der Waals surface area contributed by atoms with Crippen LogP contribution in [0.5, 0.6) is 5.75 Å². The molecule has 0 spiro atoms. The molecular formula is C36H54N4O8. The van der Waals surface area contributed by atoms with Gasteiger partial charge in [-0.05, 0) is 99.4 Å². The zero-order valence-corrected chi connectivity index (χ0v) is 30.5. The molecule has 48 heavy (non-hydrogen) atoms. The lowest BCUT2D eigenvalue weighted by Gasteiger charge is -2.28. The third-order valence-electron chi connectivity index (χ3n) is 7.01. The van der Waals surface area contributed by atoms with Crippen LogP contribution in [0.15, 0.2) is 36.4 Å². The number of rotatable bonds is 10. The molecule has 0 bridgehead atoms. The number of methoxy groups -OCH3 is 1. The Balaban J connectivity index is 1.81. The summed E-state index contributed by atoms with van der Waals surface area (Å²) in [5.74, 6) is 0.774. The lowest BCUT2D eigenvalue weighted by atomic mass is 9.98. The van der Waals surface area contributed by atoms with Crippen molar-refractivity contribution < 1.29 is 38.1 Å². The molecule has 2 aromatic rings. The Morgan fingerprint density at radius 1 is 0.896 bits per heavy atom. The van der Waals surface area contributed by atoms with Crippen molar-refractivity contribution >= 4 is 24.1 Å². The van der Waals surface area contributed by atoms with E-state index < -0.39 is 35.1 Å². The van der Waals surface area contributed by atoms with E-state index in [-0.39, 0.29) is 17.8 Å². The number of benzene rings is 1. The summed E-state index contributed by atoms with van der Waals surface area (Å²) in [5.41, 5.74) is 0.0984. The van der Waals surface area contributed by atoms with Gasteiger partial charge < -0.3 is 33.9 Å². The molecule has 1 saturated heterocycles. The van der Waals surface area contributed by atoms with Gasteiger partial charge in [-0.2, -0.15) is 4.90 Å². The fourth-order valence-corrected chi connectivity index (χ4v) is 5.14. The molecule has 1 aliphatic rings. The summed E-state index contributed by atoms with van der Waals surface area (Å²) in [6, 6.07) is 11.4. The van der Waals surface area contributed by atoms with Crippen LogP contribution in [0.1, 0.15) is 79.1 Å². The highest BCUT2D eigenvalue weighted by molar-refractivity contribution is 6.08. The van der Waals surface area contributed by atoms with Crippen molar-refractivity contribution in [2.24, 2.45) is 5.92 Å². The lowest BCUT2D eigenvalue weighted by molar-refractivity contribution is 0.0185. The number of aryl methyl sites for hydroxylation is 1. The molecule has 266 valence electrons. The Labute approximate surface area is 285 Å². The number of anilines is 1. The van der Waals surface area contributed by atoms with Crippen LogP contribution in [-0.4, -0.2) is 84.4 Å². The fourth-order valence-electron chi connectivity index (χ4n) is 5.14. The number of amides is 3. The molecule has 0 aliphatic carbocycles. The molecule has 3 amide bonds. The van der Waals surface area contributed by atoms with E-state index >= 15 is 0 Å². The van der Waals surface area contributed by atoms with Crippen molar-refractivity contribution in [2.45, 2.75) is 105 Å². The third-order valence-corrected chi connectivity index (χ3v) is 7.01. The topological polar surface area (TPSA) is 129 Å². The summed E-state index contributed by atoms with van der Waals surface area (Å²) in [4.78, 5) is 46.9. The van der Waals surface area contributed by atoms with Gasteiger partial charge in [0.1, 0.15) is 28.4 Å². The average molecular weight is 671 g/mol. The van der Waals surface area contributed by atoms with Crippen LogP contribution in [-0.2, 0) is 31.9 Å². The molecule has 1 aromatic heterocycles. The second-order valence-corrected chi connectivity index (χ2v) is 15.0. The number of likely N-dealkylation sites (tertiary alicyclic amines) is 1. The number of hydrogen-bond donors (Lipinski definition) is 1. The van der Waals surface area contributed by atoms with Gasteiger partial charge in [-0.3, -0.25) is 0 Å². The first kappa shape index (κ1) is 38.5. The van der Waals surface area contributed by atoms with E-state index in [4.69, 9.17) is 28.7 Å². The van der Waals surface area contributed by atoms with Crippen molar-refractivity contribution in [1.29, 1.82) is 0 Å². The maximum atomic E-state index is 13.3. The zero-order valence-electron chi connectivity index (χ0n) is 30.5. The summed E-state index contributed by atoms with van der Waals surface area (Å²) < 4.78 is 28.6. The van der Waals surface area contributed by atoms with Gasteiger partial charge in [0, 0.05) is 36.8 Å². The van der Waals surface area contributed by atoms with Crippen LogP contribution in [0.2, 0.25) is 0 Å². The van der Waals surface area contributed by atoms with Gasteiger partial charge in [0.05, 0.1) is 26.4 Å². The summed E-state index contributed by atoms with van der Waals surface area (Å²) in [6.45, 7) is 20.0. The van der Waals surface area contributed by atoms with E-state index in [0.29, 0.717) is 44.9 Å². The Morgan fingerprint density at radius 3 is 2.08 bits per heavy atom. The predicted molar refractivity (Wildman–Crippen MR) is 183 cm³/mol. The van der Waals surface area contributed by atoms with Crippen LogP contribution in [0.4, 0.5) is 20.2 Å². The number of pyridine rings is 1. The minimum Gasteiger partial charge on any atom is -0.496 e. The van der Waals surface area contributed by atoms with E-state index in [1.807, 2.05) is 58.0 Å². The minimum absolute atomic E-state index is 0.0912. The molecule has 1 aromatic carbocycles. The third kappa shape index (κ3) is 12.3. The monoisotopic (exact) mass is 670 g/mol. The molecule has 1 fully saturated rings. The van der Waals surface area contributed by atoms with Gasteiger partial charge in [0.25, 0.3) is 0 Å². The molecule has 12 nitrogen and oxygen atoms in total. The number of para-hydroxylation sites is 1. The second-order valence-electron chi connectivity index (χ2n) is 15.0. The van der Waals surface area contributed by atoms with E-state index in [0.717, 1.165) is 21.8 Å². The van der Waals surface area contributed by atoms with Crippen LogP contribution < -0.4 is 15.0 Å². The van der Waals surface area contributed by atoms with Crippen LogP contribution in [0.3, 0.4) is 0 Å². The van der Waals surface area contributed by atoms with Crippen LogP contribution >= 0.6 is 0 Å². The molecule has 1 N–H and O–H groups in total.